The van der Waals surface area contributed by atoms with Crippen molar-refractivity contribution in [3.8, 4) is 11.1 Å². The maximum Gasteiger partial charge on any atom is 0.290 e. The Morgan fingerprint density at radius 1 is 1.07 bits per heavy atom. The number of hydrogen-bond acceptors (Lipinski definition) is 5. The molecule has 0 spiro atoms. The first-order chi connectivity index (χ1) is 14.5. The summed E-state index contributed by atoms with van der Waals surface area (Å²) >= 11 is 0. The number of aromatic nitrogens is 1. The van der Waals surface area contributed by atoms with Crippen molar-refractivity contribution in [3.05, 3.63) is 54.4 Å². The van der Waals surface area contributed by atoms with Crippen molar-refractivity contribution in [2.45, 2.75) is 26.3 Å². The van der Waals surface area contributed by atoms with E-state index in [0.717, 1.165) is 19.0 Å². The van der Waals surface area contributed by atoms with Crippen LogP contribution in [-0.2, 0) is 16.1 Å². The fourth-order valence-electron chi connectivity index (χ4n) is 3.71. The third-order valence-electron chi connectivity index (χ3n) is 4.79. The Bertz CT molecular complexity index is 698. The molecule has 0 saturated carbocycles. The lowest BCUT2D eigenvalue weighted by Crippen LogP contribution is -2.32. The molecule has 7 nitrogen and oxygen atoms in total. The van der Waals surface area contributed by atoms with Crippen LogP contribution in [0.4, 0.5) is 0 Å². The van der Waals surface area contributed by atoms with Crippen LogP contribution in [-0.4, -0.2) is 71.2 Å². The van der Waals surface area contributed by atoms with Gasteiger partial charge < -0.3 is 20.0 Å². The number of nitrogens with zero attached hydrogens (tertiary/aromatic N) is 3. The van der Waals surface area contributed by atoms with Gasteiger partial charge in [0.2, 0.25) is 0 Å². The Labute approximate surface area is 179 Å². The van der Waals surface area contributed by atoms with Crippen LogP contribution >= 0.6 is 0 Å². The molecule has 1 aromatic carbocycles. The Morgan fingerprint density at radius 2 is 1.67 bits per heavy atom. The molecule has 2 heterocycles. The molecule has 2 N–H and O–H groups in total. The molecular formula is C23H33N3O4. The van der Waals surface area contributed by atoms with Crippen molar-refractivity contribution in [3.63, 3.8) is 0 Å². The van der Waals surface area contributed by atoms with E-state index in [4.69, 9.17) is 19.8 Å². The predicted molar refractivity (Wildman–Crippen MR) is 118 cm³/mol. The molecule has 1 aromatic heterocycles. The minimum absolute atomic E-state index is 0.250. The first-order valence-electron chi connectivity index (χ1n) is 10.1. The summed E-state index contributed by atoms with van der Waals surface area (Å²) in [6.45, 7) is 7.87. The zero-order valence-corrected chi connectivity index (χ0v) is 17.9. The summed E-state index contributed by atoms with van der Waals surface area (Å²) in [6.07, 6.45) is 6.50. The normalized spacial score (nSPS) is 14.1. The molecule has 1 aliphatic heterocycles. The molecule has 1 aliphatic rings. The number of likely N-dealkylation sites (tertiary alicyclic amines) is 1. The maximum absolute atomic E-state index is 8.36. The highest BCUT2D eigenvalue weighted by atomic mass is 16.3. The second-order valence-electron chi connectivity index (χ2n) is 7.46. The Balaban J connectivity index is 0.000000672. The standard InChI is InChI=1S/C21H29N3.2CH2O2/c1-18(16-24-12-3-4-13-24)15-23(2)17-19-7-9-20(10-8-19)21-6-5-11-22-14-21;2*2-1-3/h5-11,14,18H,3-4,12-13,15-17H2,1-2H3;2*1H,(H,2,3). The van der Waals surface area contributed by atoms with Crippen molar-refractivity contribution in [1.29, 1.82) is 0 Å². The van der Waals surface area contributed by atoms with E-state index in [1.807, 2.05) is 18.5 Å². The topological polar surface area (TPSA) is 94.0 Å². The molecule has 3 rings (SSSR count). The van der Waals surface area contributed by atoms with Crippen LogP contribution in [0, 0.1) is 5.92 Å². The van der Waals surface area contributed by atoms with Crippen LogP contribution in [0.5, 0.6) is 0 Å². The Hall–Kier alpha value is -2.77. The highest BCUT2D eigenvalue weighted by molar-refractivity contribution is 5.62. The van der Waals surface area contributed by atoms with Crippen LogP contribution in [0.25, 0.3) is 11.1 Å². The second-order valence-corrected chi connectivity index (χ2v) is 7.46. The van der Waals surface area contributed by atoms with Gasteiger partial charge in [0.25, 0.3) is 12.9 Å². The summed E-state index contributed by atoms with van der Waals surface area (Å²) in [7, 11) is 2.23. The van der Waals surface area contributed by atoms with Crippen LogP contribution in [0.15, 0.2) is 48.8 Å². The van der Waals surface area contributed by atoms with E-state index in [0.29, 0.717) is 0 Å². The summed E-state index contributed by atoms with van der Waals surface area (Å²) in [5.41, 5.74) is 3.78. The zero-order valence-electron chi connectivity index (χ0n) is 17.9. The van der Waals surface area contributed by atoms with Crippen molar-refractivity contribution < 1.29 is 19.8 Å². The van der Waals surface area contributed by atoms with Gasteiger partial charge >= 0.3 is 0 Å². The van der Waals surface area contributed by atoms with Gasteiger partial charge in [0.1, 0.15) is 0 Å². The molecule has 0 bridgehead atoms. The van der Waals surface area contributed by atoms with Crippen LogP contribution < -0.4 is 0 Å². The number of pyridine rings is 1. The van der Waals surface area contributed by atoms with E-state index in [9.17, 15) is 0 Å². The molecule has 1 unspecified atom stereocenters. The van der Waals surface area contributed by atoms with Crippen LogP contribution in [0.3, 0.4) is 0 Å². The molecule has 30 heavy (non-hydrogen) atoms. The summed E-state index contributed by atoms with van der Waals surface area (Å²) in [4.78, 5) is 26.0. The Morgan fingerprint density at radius 3 is 2.20 bits per heavy atom. The first-order valence-corrected chi connectivity index (χ1v) is 10.1. The van der Waals surface area contributed by atoms with E-state index < -0.39 is 0 Å². The third-order valence-corrected chi connectivity index (χ3v) is 4.79. The number of carboxylic acid groups (broad SMARTS) is 2. The lowest BCUT2D eigenvalue weighted by atomic mass is 10.1. The Kier molecular flexibility index (Phi) is 12.7. The quantitative estimate of drug-likeness (QED) is 0.670. The van der Waals surface area contributed by atoms with Crippen molar-refractivity contribution in [2.75, 3.05) is 33.2 Å². The van der Waals surface area contributed by atoms with Gasteiger partial charge in [-0.1, -0.05) is 37.3 Å². The van der Waals surface area contributed by atoms with Crippen molar-refractivity contribution in [1.82, 2.24) is 14.8 Å². The highest BCUT2D eigenvalue weighted by Crippen LogP contribution is 2.19. The largest absolute Gasteiger partial charge is 0.483 e. The first kappa shape index (κ1) is 25.3. The molecule has 0 amide bonds. The third kappa shape index (κ3) is 10.1. The second kappa shape index (κ2) is 15.1. The minimum Gasteiger partial charge on any atom is -0.483 e. The minimum atomic E-state index is -0.250. The van der Waals surface area contributed by atoms with Gasteiger partial charge in [0, 0.05) is 32.0 Å². The number of carbonyl (C=O) groups is 2. The van der Waals surface area contributed by atoms with Crippen molar-refractivity contribution >= 4 is 12.9 Å². The lowest BCUT2D eigenvalue weighted by Gasteiger charge is -2.25. The van der Waals surface area contributed by atoms with Gasteiger partial charge in [-0.25, -0.2) is 0 Å². The van der Waals surface area contributed by atoms with Gasteiger partial charge in [-0.3, -0.25) is 14.6 Å². The van der Waals surface area contributed by atoms with Gasteiger partial charge in [0.15, 0.2) is 0 Å². The molecule has 0 aliphatic carbocycles. The molecule has 1 atom stereocenters. The number of benzene rings is 1. The van der Waals surface area contributed by atoms with Gasteiger partial charge in [-0.15, -0.1) is 0 Å². The average molecular weight is 416 g/mol. The molecular weight excluding hydrogens is 382 g/mol. The number of hydrogen-bond donors (Lipinski definition) is 2. The van der Waals surface area contributed by atoms with E-state index in [2.05, 4.69) is 59.1 Å². The average Bonchev–Trinajstić information content (AvgIpc) is 3.23. The van der Waals surface area contributed by atoms with Crippen molar-refractivity contribution in [2.24, 2.45) is 5.92 Å². The molecule has 7 heteroatoms. The SMILES string of the molecule is CC(CN(C)Cc1ccc(-c2cccnc2)cc1)CN1CCCC1.O=CO.O=CO. The summed E-state index contributed by atoms with van der Waals surface area (Å²) in [5.74, 6) is 0.725. The zero-order chi connectivity index (χ0) is 22.2. The smallest absolute Gasteiger partial charge is 0.290 e. The lowest BCUT2D eigenvalue weighted by molar-refractivity contribution is -0.123. The highest BCUT2D eigenvalue weighted by Gasteiger charge is 2.15. The van der Waals surface area contributed by atoms with Crippen LogP contribution in [0.2, 0.25) is 0 Å². The van der Waals surface area contributed by atoms with E-state index >= 15 is 0 Å². The molecule has 0 radical (unpaired) electrons. The molecule has 1 fully saturated rings. The summed E-state index contributed by atoms with van der Waals surface area (Å²) < 4.78 is 0. The van der Waals surface area contributed by atoms with Gasteiger partial charge in [0.05, 0.1) is 0 Å². The van der Waals surface area contributed by atoms with Crippen LogP contribution in [0.1, 0.15) is 25.3 Å². The van der Waals surface area contributed by atoms with E-state index in [1.54, 1.807) is 0 Å². The van der Waals surface area contributed by atoms with Gasteiger partial charge in [-0.05, 0) is 61.7 Å². The molecule has 164 valence electrons. The van der Waals surface area contributed by atoms with E-state index in [-0.39, 0.29) is 12.9 Å². The summed E-state index contributed by atoms with van der Waals surface area (Å²) in [5, 5.41) is 13.8. The molecule has 2 aromatic rings. The fourth-order valence-corrected chi connectivity index (χ4v) is 3.71. The summed E-state index contributed by atoms with van der Waals surface area (Å²) in [6, 6.07) is 13.0. The number of rotatable bonds is 7. The predicted octanol–water partition coefficient (Wildman–Crippen LogP) is 3.31. The molecule has 1 saturated heterocycles. The maximum atomic E-state index is 8.36. The van der Waals surface area contributed by atoms with Gasteiger partial charge in [-0.2, -0.15) is 0 Å². The fraction of sp³-hybridized carbons (Fsp3) is 0.435. The van der Waals surface area contributed by atoms with E-state index in [1.165, 1.54) is 49.2 Å². The monoisotopic (exact) mass is 415 g/mol.